The van der Waals surface area contributed by atoms with E-state index in [0.717, 1.165) is 5.56 Å². The highest BCUT2D eigenvalue weighted by molar-refractivity contribution is 7.90. The molecule has 0 saturated heterocycles. The van der Waals surface area contributed by atoms with Crippen molar-refractivity contribution in [1.29, 1.82) is 0 Å². The Labute approximate surface area is 83.6 Å². The van der Waals surface area contributed by atoms with E-state index in [1.807, 2.05) is 0 Å². The summed E-state index contributed by atoms with van der Waals surface area (Å²) in [6.45, 7) is 0. The van der Waals surface area contributed by atoms with Gasteiger partial charge in [-0.05, 0) is 17.7 Å². The molecule has 0 unspecified atom stereocenters. The van der Waals surface area contributed by atoms with Crippen LogP contribution < -0.4 is 5.73 Å². The van der Waals surface area contributed by atoms with Crippen molar-refractivity contribution in [2.75, 3.05) is 18.8 Å². The third-order valence-electron chi connectivity index (χ3n) is 1.66. The van der Waals surface area contributed by atoms with Crippen LogP contribution in [-0.4, -0.2) is 21.5 Å². The fraction of sp³-hybridized carbons (Fsp3) is 0.333. The van der Waals surface area contributed by atoms with Gasteiger partial charge in [-0.1, -0.05) is 12.1 Å². The minimum absolute atomic E-state index is 0.0128. The largest absolute Gasteiger partial charge is 0.399 e. The summed E-state index contributed by atoms with van der Waals surface area (Å²) in [5, 5.41) is 0. The normalized spacial score (nSPS) is 11.5. The molecule has 0 atom stereocenters. The topological polar surface area (TPSA) is 69.4 Å². The number of sulfone groups is 1. The molecule has 14 heavy (non-hydrogen) atoms. The molecular formula is C9H13NO3S. The number of nitrogen functional groups attached to an aromatic ring is 1. The van der Waals surface area contributed by atoms with Gasteiger partial charge >= 0.3 is 0 Å². The van der Waals surface area contributed by atoms with Crippen LogP contribution in [0.25, 0.3) is 0 Å². The lowest BCUT2D eigenvalue weighted by atomic mass is 10.2. The molecule has 0 bridgehead atoms. The predicted molar refractivity (Wildman–Crippen MR) is 55.4 cm³/mol. The Morgan fingerprint density at radius 3 is 2.36 bits per heavy atom. The van der Waals surface area contributed by atoms with Gasteiger partial charge in [-0.2, -0.15) is 0 Å². The lowest BCUT2D eigenvalue weighted by Gasteiger charge is -2.03. The molecule has 0 aliphatic rings. The third kappa shape index (κ3) is 3.35. The highest BCUT2D eigenvalue weighted by atomic mass is 32.2. The molecule has 0 aliphatic carbocycles. The molecule has 2 N–H and O–H groups in total. The fourth-order valence-corrected chi connectivity index (χ4v) is 2.23. The lowest BCUT2D eigenvalue weighted by molar-refractivity contribution is 0.249. The van der Waals surface area contributed by atoms with Crippen LogP contribution in [0.5, 0.6) is 0 Å². The van der Waals surface area contributed by atoms with E-state index < -0.39 is 9.84 Å². The van der Waals surface area contributed by atoms with Crippen molar-refractivity contribution in [2.45, 2.75) is 5.75 Å². The van der Waals surface area contributed by atoms with Crippen LogP contribution in [0.4, 0.5) is 5.69 Å². The lowest BCUT2D eigenvalue weighted by Crippen LogP contribution is -2.10. The third-order valence-corrected chi connectivity index (χ3v) is 3.03. The van der Waals surface area contributed by atoms with Gasteiger partial charge in [-0.25, -0.2) is 8.42 Å². The van der Waals surface area contributed by atoms with Crippen molar-refractivity contribution in [3.63, 3.8) is 0 Å². The van der Waals surface area contributed by atoms with Gasteiger partial charge in [0.15, 0.2) is 9.84 Å². The second-order valence-electron chi connectivity index (χ2n) is 3.04. The molecule has 0 radical (unpaired) electrons. The second kappa shape index (κ2) is 4.43. The summed E-state index contributed by atoms with van der Waals surface area (Å²) in [5.74, 6) is -0.265. The molecule has 0 spiro atoms. The Morgan fingerprint density at radius 2 is 1.86 bits per heavy atom. The van der Waals surface area contributed by atoms with Crippen LogP contribution in [0.2, 0.25) is 0 Å². The van der Waals surface area contributed by atoms with E-state index in [9.17, 15) is 8.42 Å². The Balaban J connectivity index is 2.74. The van der Waals surface area contributed by atoms with Crippen molar-refractivity contribution in [3.05, 3.63) is 29.8 Å². The molecule has 5 heteroatoms. The average Bonchev–Trinajstić information content (AvgIpc) is 2.08. The van der Waals surface area contributed by atoms with Crippen molar-refractivity contribution < 1.29 is 13.2 Å². The van der Waals surface area contributed by atoms with Gasteiger partial charge in [0.05, 0.1) is 5.75 Å². The van der Waals surface area contributed by atoms with Crippen LogP contribution in [-0.2, 0) is 20.3 Å². The molecular weight excluding hydrogens is 202 g/mol. The molecule has 0 amide bonds. The Hall–Kier alpha value is -1.07. The van der Waals surface area contributed by atoms with Gasteiger partial charge < -0.3 is 10.5 Å². The minimum atomic E-state index is -3.16. The first-order valence-corrected chi connectivity index (χ1v) is 5.89. The summed E-state index contributed by atoms with van der Waals surface area (Å²) in [7, 11) is -1.80. The Bertz CT molecular complexity index is 383. The van der Waals surface area contributed by atoms with Crippen LogP contribution in [0, 0.1) is 0 Å². The molecule has 1 aromatic rings. The van der Waals surface area contributed by atoms with E-state index in [-0.39, 0.29) is 11.7 Å². The summed E-state index contributed by atoms with van der Waals surface area (Å²) in [6.07, 6.45) is 0. The van der Waals surface area contributed by atoms with Gasteiger partial charge in [-0.3, -0.25) is 0 Å². The van der Waals surface area contributed by atoms with Gasteiger partial charge in [0, 0.05) is 12.8 Å². The molecule has 1 aromatic carbocycles. The number of hydrogen-bond donors (Lipinski definition) is 1. The standard InChI is InChI=1S/C9H13NO3S/c1-13-7-14(11,12)6-8-2-4-9(10)5-3-8/h2-5H,6-7,10H2,1H3. The van der Waals surface area contributed by atoms with Crippen molar-refractivity contribution >= 4 is 15.5 Å². The highest BCUT2D eigenvalue weighted by Crippen LogP contribution is 2.09. The Kier molecular flexibility index (Phi) is 3.49. The highest BCUT2D eigenvalue weighted by Gasteiger charge is 2.10. The van der Waals surface area contributed by atoms with E-state index in [2.05, 4.69) is 4.74 Å². The first-order valence-electron chi connectivity index (χ1n) is 4.07. The first-order chi connectivity index (χ1) is 6.53. The summed E-state index contributed by atoms with van der Waals surface area (Å²) < 4.78 is 27.2. The van der Waals surface area contributed by atoms with Gasteiger partial charge in [0.1, 0.15) is 5.94 Å². The van der Waals surface area contributed by atoms with E-state index in [1.54, 1.807) is 24.3 Å². The smallest absolute Gasteiger partial charge is 0.178 e. The van der Waals surface area contributed by atoms with Crippen molar-refractivity contribution in [3.8, 4) is 0 Å². The molecule has 0 heterocycles. The van der Waals surface area contributed by atoms with Gasteiger partial charge in [0.2, 0.25) is 0 Å². The molecule has 0 aromatic heterocycles. The zero-order chi connectivity index (χ0) is 10.6. The Morgan fingerprint density at radius 1 is 1.29 bits per heavy atom. The minimum Gasteiger partial charge on any atom is -0.399 e. The fourth-order valence-electron chi connectivity index (χ4n) is 1.09. The maximum absolute atomic E-state index is 11.3. The average molecular weight is 215 g/mol. The van der Waals surface area contributed by atoms with Gasteiger partial charge in [0.25, 0.3) is 0 Å². The number of methoxy groups -OCH3 is 1. The molecule has 78 valence electrons. The number of nitrogens with two attached hydrogens (primary N) is 1. The van der Waals surface area contributed by atoms with Crippen LogP contribution in [0.15, 0.2) is 24.3 Å². The molecule has 4 nitrogen and oxygen atoms in total. The molecule has 0 aliphatic heterocycles. The van der Waals surface area contributed by atoms with Crippen LogP contribution in [0.3, 0.4) is 0 Å². The van der Waals surface area contributed by atoms with E-state index in [1.165, 1.54) is 7.11 Å². The number of hydrogen-bond acceptors (Lipinski definition) is 4. The monoisotopic (exact) mass is 215 g/mol. The van der Waals surface area contributed by atoms with E-state index in [4.69, 9.17) is 5.73 Å². The van der Waals surface area contributed by atoms with Crippen LogP contribution in [0.1, 0.15) is 5.56 Å². The number of ether oxygens (including phenoxy) is 1. The molecule has 0 fully saturated rings. The van der Waals surface area contributed by atoms with Crippen molar-refractivity contribution in [1.82, 2.24) is 0 Å². The zero-order valence-electron chi connectivity index (χ0n) is 7.93. The summed E-state index contributed by atoms with van der Waals surface area (Å²) in [4.78, 5) is 0. The van der Waals surface area contributed by atoms with E-state index in [0.29, 0.717) is 5.69 Å². The van der Waals surface area contributed by atoms with Crippen molar-refractivity contribution in [2.24, 2.45) is 0 Å². The number of anilines is 1. The maximum atomic E-state index is 11.3. The summed E-state index contributed by atoms with van der Waals surface area (Å²) in [6, 6.07) is 6.75. The van der Waals surface area contributed by atoms with Crippen LogP contribution >= 0.6 is 0 Å². The summed E-state index contributed by atoms with van der Waals surface area (Å²) in [5.41, 5.74) is 6.82. The SMILES string of the molecule is COCS(=O)(=O)Cc1ccc(N)cc1. The number of benzene rings is 1. The molecule has 0 saturated carbocycles. The maximum Gasteiger partial charge on any atom is 0.178 e. The van der Waals surface area contributed by atoms with E-state index >= 15 is 0 Å². The number of rotatable bonds is 4. The first kappa shape index (κ1) is 11.0. The molecule has 1 rings (SSSR count). The summed E-state index contributed by atoms with van der Waals surface area (Å²) >= 11 is 0. The second-order valence-corrected chi connectivity index (χ2v) is 5.05. The predicted octanol–water partition coefficient (Wildman–Crippen LogP) is 0.788. The van der Waals surface area contributed by atoms with Gasteiger partial charge in [-0.15, -0.1) is 0 Å². The zero-order valence-corrected chi connectivity index (χ0v) is 8.75. The quantitative estimate of drug-likeness (QED) is 0.754.